The summed E-state index contributed by atoms with van der Waals surface area (Å²) in [6, 6.07) is 0. The van der Waals surface area contributed by atoms with Gasteiger partial charge in [0.15, 0.2) is 0 Å². The van der Waals surface area contributed by atoms with Gasteiger partial charge in [-0.05, 0) is 23.8 Å². The molecule has 0 bridgehead atoms. The summed E-state index contributed by atoms with van der Waals surface area (Å²) in [6.45, 7) is 0.588. The smallest absolute Gasteiger partial charge is 0.0184 e. The van der Waals surface area contributed by atoms with Gasteiger partial charge in [0.25, 0.3) is 0 Å². The number of allylic oxidation sites excluding steroid dienone is 2. The molecule has 0 spiro atoms. The number of hydrogen-bond acceptors (Lipinski definition) is 1. The van der Waals surface area contributed by atoms with Crippen LogP contribution in [-0.2, 0) is 0 Å². The van der Waals surface area contributed by atoms with Crippen molar-refractivity contribution in [3.05, 3.63) is 35.3 Å². The van der Waals surface area contributed by atoms with Gasteiger partial charge >= 0.3 is 0 Å². The molecule has 0 aromatic heterocycles. The first kappa shape index (κ1) is 5.14. The second kappa shape index (κ2) is 2.34. The summed E-state index contributed by atoms with van der Waals surface area (Å²) in [5, 5.41) is 0. The second-order valence-electron chi connectivity index (χ2n) is 1.55. The molecule has 0 atom stereocenters. The first-order valence-electron chi connectivity index (χ1n) is 2.50. The van der Waals surface area contributed by atoms with Gasteiger partial charge in [-0.25, -0.2) is 0 Å². The van der Waals surface area contributed by atoms with Crippen LogP contribution in [0.1, 0.15) is 0 Å². The third-order valence-corrected chi connectivity index (χ3v) is 0.957. The van der Waals surface area contributed by atoms with Crippen molar-refractivity contribution in [3.63, 3.8) is 0 Å². The van der Waals surface area contributed by atoms with E-state index in [9.17, 15) is 0 Å². The average Bonchev–Trinajstić information content (AvgIpc) is 1.90. The molecule has 40 valence electrons. The zero-order valence-corrected chi connectivity index (χ0v) is 4.52. The van der Waals surface area contributed by atoms with Gasteiger partial charge in [0, 0.05) is 6.54 Å². The zero-order chi connectivity index (χ0) is 5.82. The molecule has 1 aliphatic carbocycles. The van der Waals surface area contributed by atoms with Gasteiger partial charge in [0.1, 0.15) is 0 Å². The molecule has 0 saturated heterocycles. The highest BCUT2D eigenvalue weighted by Gasteiger charge is 1.84. The van der Waals surface area contributed by atoms with Crippen LogP contribution in [0.25, 0.3) is 0 Å². The summed E-state index contributed by atoms with van der Waals surface area (Å²) < 4.78 is 0. The minimum atomic E-state index is 0.588. The Morgan fingerprint density at radius 1 is 1.50 bits per heavy atom. The summed E-state index contributed by atoms with van der Waals surface area (Å²) >= 11 is 0. The van der Waals surface area contributed by atoms with Crippen molar-refractivity contribution in [1.82, 2.24) is 0 Å². The van der Waals surface area contributed by atoms with Crippen molar-refractivity contribution in [2.24, 2.45) is 5.73 Å². The minimum Gasteiger partial charge on any atom is -0.326 e. The molecule has 0 aromatic rings. The molecule has 1 rings (SSSR count). The third kappa shape index (κ3) is 0.988. The fraction of sp³-hybridized carbons (Fsp3) is 0.143. The molecule has 0 unspecified atom stereocenters. The van der Waals surface area contributed by atoms with E-state index >= 15 is 0 Å². The van der Waals surface area contributed by atoms with Crippen molar-refractivity contribution in [2.75, 3.05) is 6.54 Å². The van der Waals surface area contributed by atoms with Gasteiger partial charge in [-0.15, -0.1) is 0 Å². The van der Waals surface area contributed by atoms with Gasteiger partial charge in [-0.3, -0.25) is 0 Å². The Hall–Kier alpha value is -1.00. The quantitative estimate of drug-likeness (QED) is 0.489. The predicted molar refractivity (Wildman–Crippen MR) is 33.3 cm³/mol. The first-order chi connectivity index (χ1) is 3.93. The molecule has 0 heterocycles. The van der Waals surface area contributed by atoms with Crippen LogP contribution in [-0.4, -0.2) is 6.54 Å². The van der Waals surface area contributed by atoms with Gasteiger partial charge in [0.05, 0.1) is 0 Å². The van der Waals surface area contributed by atoms with Crippen LogP contribution < -0.4 is 5.73 Å². The minimum absolute atomic E-state index is 0.588. The van der Waals surface area contributed by atoms with Crippen molar-refractivity contribution < 1.29 is 0 Å². The van der Waals surface area contributed by atoms with Crippen molar-refractivity contribution >= 4 is 0 Å². The lowest BCUT2D eigenvalue weighted by Gasteiger charge is -1.91. The van der Waals surface area contributed by atoms with Crippen LogP contribution in [0.15, 0.2) is 35.3 Å². The monoisotopic (exact) mass is 105 g/mol. The van der Waals surface area contributed by atoms with Crippen LogP contribution in [0.5, 0.6) is 0 Å². The Morgan fingerprint density at radius 2 is 2.38 bits per heavy atom. The molecule has 8 heavy (non-hydrogen) atoms. The van der Waals surface area contributed by atoms with E-state index < -0.39 is 0 Å². The van der Waals surface area contributed by atoms with Crippen LogP contribution in [0.4, 0.5) is 0 Å². The maximum atomic E-state index is 5.32. The fourth-order valence-corrected chi connectivity index (χ4v) is 0.506. The van der Waals surface area contributed by atoms with Crippen LogP contribution in [0.2, 0.25) is 0 Å². The standard InChI is InChI=1S/C7H7N/c8-6-7-4-2-1-3-5-7/h2,4-5H,6,8H2. The van der Waals surface area contributed by atoms with Gasteiger partial charge in [-0.1, -0.05) is 11.5 Å². The SMILES string of the molecule is NCC1=CC=C=C=C1. The fourth-order valence-electron chi connectivity index (χ4n) is 0.506. The van der Waals surface area contributed by atoms with E-state index in [0.29, 0.717) is 6.54 Å². The topological polar surface area (TPSA) is 26.0 Å². The maximum Gasteiger partial charge on any atom is 0.0184 e. The zero-order valence-electron chi connectivity index (χ0n) is 4.52. The lowest BCUT2D eigenvalue weighted by Crippen LogP contribution is -2.00. The van der Waals surface area contributed by atoms with Crippen LogP contribution in [0.3, 0.4) is 0 Å². The van der Waals surface area contributed by atoms with E-state index in [4.69, 9.17) is 5.73 Å². The largest absolute Gasteiger partial charge is 0.326 e. The average molecular weight is 105 g/mol. The molecular weight excluding hydrogens is 98.1 g/mol. The van der Waals surface area contributed by atoms with Crippen molar-refractivity contribution in [3.8, 4) is 0 Å². The Morgan fingerprint density at radius 3 is 2.75 bits per heavy atom. The molecule has 0 amide bonds. The number of rotatable bonds is 1. The van der Waals surface area contributed by atoms with Crippen molar-refractivity contribution in [1.29, 1.82) is 0 Å². The van der Waals surface area contributed by atoms with Gasteiger partial charge in [0.2, 0.25) is 0 Å². The van der Waals surface area contributed by atoms with Gasteiger partial charge < -0.3 is 5.73 Å². The van der Waals surface area contributed by atoms with E-state index in [1.54, 1.807) is 0 Å². The molecule has 0 radical (unpaired) electrons. The molecule has 0 saturated carbocycles. The number of nitrogens with two attached hydrogens (primary N) is 1. The lowest BCUT2D eigenvalue weighted by atomic mass is 10.2. The Labute approximate surface area is 48.5 Å². The molecular formula is C7H7N. The molecule has 1 heteroatoms. The highest BCUT2D eigenvalue weighted by Crippen LogP contribution is 1.95. The highest BCUT2D eigenvalue weighted by molar-refractivity contribution is 5.27. The molecule has 0 fully saturated rings. The molecule has 0 aliphatic heterocycles. The summed E-state index contributed by atoms with van der Waals surface area (Å²) in [5.41, 5.74) is 12.0. The number of hydrogen-bond donors (Lipinski definition) is 1. The molecule has 2 N–H and O–H groups in total. The summed E-state index contributed by atoms with van der Waals surface area (Å²) in [6.07, 6.45) is 5.57. The maximum absolute atomic E-state index is 5.32. The lowest BCUT2D eigenvalue weighted by molar-refractivity contribution is 1.19. The molecule has 1 nitrogen and oxygen atoms in total. The van der Waals surface area contributed by atoms with Crippen LogP contribution >= 0.6 is 0 Å². The molecule has 0 aromatic carbocycles. The van der Waals surface area contributed by atoms with Gasteiger partial charge in [-0.2, -0.15) is 0 Å². The van der Waals surface area contributed by atoms with E-state index in [0.717, 1.165) is 5.57 Å². The van der Waals surface area contributed by atoms with E-state index in [2.05, 4.69) is 11.5 Å². The van der Waals surface area contributed by atoms with Crippen molar-refractivity contribution in [2.45, 2.75) is 0 Å². The predicted octanol–water partition coefficient (Wildman–Crippen LogP) is 0.752. The third-order valence-electron chi connectivity index (χ3n) is 0.957. The highest BCUT2D eigenvalue weighted by atomic mass is 14.5. The Balaban J connectivity index is 2.80. The summed E-state index contributed by atoms with van der Waals surface area (Å²) in [5.74, 6) is 0. The van der Waals surface area contributed by atoms with Crippen LogP contribution in [0, 0.1) is 0 Å². The van der Waals surface area contributed by atoms with E-state index in [1.807, 2.05) is 18.2 Å². The summed E-state index contributed by atoms with van der Waals surface area (Å²) in [4.78, 5) is 0. The van der Waals surface area contributed by atoms with E-state index in [1.165, 1.54) is 0 Å². The Kier molecular flexibility index (Phi) is 1.51. The Bertz CT molecular complexity index is 198. The molecule has 1 aliphatic rings. The normalized spacial score (nSPS) is 14.4. The first-order valence-corrected chi connectivity index (χ1v) is 2.50. The summed E-state index contributed by atoms with van der Waals surface area (Å²) in [7, 11) is 0. The van der Waals surface area contributed by atoms with E-state index in [-0.39, 0.29) is 0 Å². The second-order valence-corrected chi connectivity index (χ2v) is 1.55.